The van der Waals surface area contributed by atoms with Gasteiger partial charge >= 0.3 is 0 Å². The van der Waals surface area contributed by atoms with Gasteiger partial charge in [-0.15, -0.1) is 0 Å². The standard InChI is InChI=1S/C15H22N4O2/c1-15(2)9-21-7-6-19(15)14-11(13(16)18-20)8-10-4-3-5-12(10)17-14/h8,20H,3-7,9H2,1-2H3,(H2,16,18). The highest BCUT2D eigenvalue weighted by Gasteiger charge is 2.34. The van der Waals surface area contributed by atoms with Crippen molar-refractivity contribution in [3.05, 3.63) is 22.9 Å². The van der Waals surface area contributed by atoms with E-state index < -0.39 is 0 Å². The number of pyridine rings is 1. The van der Waals surface area contributed by atoms with Crippen LogP contribution in [0.1, 0.15) is 37.1 Å². The zero-order valence-corrected chi connectivity index (χ0v) is 12.6. The molecule has 2 aliphatic rings. The third-order valence-electron chi connectivity index (χ3n) is 4.32. The van der Waals surface area contributed by atoms with Gasteiger partial charge in [0, 0.05) is 12.2 Å². The second kappa shape index (κ2) is 5.18. The number of amidine groups is 1. The van der Waals surface area contributed by atoms with E-state index in [0.29, 0.717) is 18.8 Å². The Morgan fingerprint density at radius 1 is 1.48 bits per heavy atom. The molecule has 6 heteroatoms. The lowest BCUT2D eigenvalue weighted by molar-refractivity contribution is 0.0639. The number of nitrogens with two attached hydrogens (primary N) is 1. The summed E-state index contributed by atoms with van der Waals surface area (Å²) in [6.07, 6.45) is 3.14. The highest BCUT2D eigenvalue weighted by atomic mass is 16.5. The fraction of sp³-hybridized carbons (Fsp3) is 0.600. The van der Waals surface area contributed by atoms with Crippen LogP contribution in [0.25, 0.3) is 0 Å². The molecule has 1 saturated heterocycles. The van der Waals surface area contributed by atoms with Crippen LogP contribution < -0.4 is 10.6 Å². The molecular weight excluding hydrogens is 268 g/mol. The molecule has 114 valence electrons. The minimum atomic E-state index is -0.164. The first-order valence-corrected chi connectivity index (χ1v) is 7.39. The van der Waals surface area contributed by atoms with Crippen molar-refractivity contribution in [2.24, 2.45) is 10.9 Å². The number of ether oxygens (including phenoxy) is 1. The monoisotopic (exact) mass is 290 g/mol. The maximum absolute atomic E-state index is 9.08. The van der Waals surface area contributed by atoms with E-state index in [-0.39, 0.29) is 11.4 Å². The Labute approximate surface area is 124 Å². The third kappa shape index (κ3) is 2.44. The largest absolute Gasteiger partial charge is 0.409 e. The summed E-state index contributed by atoms with van der Waals surface area (Å²) in [6.45, 7) is 6.30. The predicted molar refractivity (Wildman–Crippen MR) is 81.0 cm³/mol. The molecule has 0 atom stereocenters. The Bertz CT molecular complexity index is 583. The van der Waals surface area contributed by atoms with E-state index in [9.17, 15) is 0 Å². The zero-order valence-electron chi connectivity index (χ0n) is 12.6. The van der Waals surface area contributed by atoms with Crippen molar-refractivity contribution in [2.75, 3.05) is 24.7 Å². The van der Waals surface area contributed by atoms with Gasteiger partial charge in [-0.1, -0.05) is 5.16 Å². The lowest BCUT2D eigenvalue weighted by Gasteiger charge is -2.43. The number of oxime groups is 1. The summed E-state index contributed by atoms with van der Waals surface area (Å²) in [5, 5.41) is 12.3. The van der Waals surface area contributed by atoms with Crippen molar-refractivity contribution in [1.82, 2.24) is 4.98 Å². The first kappa shape index (κ1) is 14.1. The summed E-state index contributed by atoms with van der Waals surface area (Å²) in [5.41, 5.74) is 8.79. The normalized spacial score (nSPS) is 21.4. The molecular formula is C15H22N4O2. The highest BCUT2D eigenvalue weighted by molar-refractivity contribution is 6.01. The van der Waals surface area contributed by atoms with Gasteiger partial charge in [-0.25, -0.2) is 4.98 Å². The third-order valence-corrected chi connectivity index (χ3v) is 4.32. The molecule has 0 bridgehead atoms. The van der Waals surface area contributed by atoms with E-state index in [4.69, 9.17) is 20.7 Å². The molecule has 1 aromatic rings. The van der Waals surface area contributed by atoms with E-state index in [1.807, 2.05) is 6.07 Å². The molecule has 1 fully saturated rings. The number of hydrogen-bond donors (Lipinski definition) is 2. The second-order valence-electron chi connectivity index (χ2n) is 6.32. The average Bonchev–Trinajstić information content (AvgIpc) is 2.92. The van der Waals surface area contributed by atoms with Gasteiger partial charge in [-0.05, 0) is 44.7 Å². The van der Waals surface area contributed by atoms with Gasteiger partial charge in [0.2, 0.25) is 0 Å². The first-order valence-electron chi connectivity index (χ1n) is 7.39. The van der Waals surface area contributed by atoms with Gasteiger partial charge in [0.05, 0.1) is 24.3 Å². The van der Waals surface area contributed by atoms with Gasteiger partial charge in [-0.2, -0.15) is 0 Å². The van der Waals surface area contributed by atoms with Crippen molar-refractivity contribution in [3.8, 4) is 0 Å². The topological polar surface area (TPSA) is 84.0 Å². The fourth-order valence-corrected chi connectivity index (χ4v) is 3.16. The summed E-state index contributed by atoms with van der Waals surface area (Å²) in [5.74, 6) is 0.925. The van der Waals surface area contributed by atoms with Crippen LogP contribution in [0.15, 0.2) is 11.2 Å². The number of rotatable bonds is 2. The summed E-state index contributed by atoms with van der Waals surface area (Å²) in [6, 6.07) is 2.03. The van der Waals surface area contributed by atoms with Gasteiger partial charge in [0.1, 0.15) is 5.82 Å². The SMILES string of the molecule is CC1(C)COCCN1c1nc2c(cc1C(N)=NO)CCC2. The van der Waals surface area contributed by atoms with E-state index in [1.165, 1.54) is 5.56 Å². The number of hydrogen-bond acceptors (Lipinski definition) is 5. The number of morpholine rings is 1. The molecule has 1 aliphatic carbocycles. The van der Waals surface area contributed by atoms with Gasteiger partial charge < -0.3 is 20.6 Å². The Morgan fingerprint density at radius 2 is 2.29 bits per heavy atom. The Kier molecular flexibility index (Phi) is 3.49. The molecule has 0 radical (unpaired) electrons. The molecule has 2 heterocycles. The number of nitrogens with zero attached hydrogens (tertiary/aromatic N) is 3. The zero-order chi connectivity index (χ0) is 15.0. The molecule has 0 aromatic carbocycles. The fourth-order valence-electron chi connectivity index (χ4n) is 3.16. The van der Waals surface area contributed by atoms with Crippen LogP contribution in [0.4, 0.5) is 5.82 Å². The summed E-state index contributed by atoms with van der Waals surface area (Å²) < 4.78 is 5.58. The number of anilines is 1. The van der Waals surface area contributed by atoms with Crippen molar-refractivity contribution in [1.29, 1.82) is 0 Å². The minimum absolute atomic E-state index is 0.120. The van der Waals surface area contributed by atoms with Gasteiger partial charge in [0.15, 0.2) is 5.84 Å². The molecule has 3 N–H and O–H groups in total. The summed E-state index contributed by atoms with van der Waals surface area (Å²) in [7, 11) is 0. The maximum Gasteiger partial charge on any atom is 0.173 e. The Balaban J connectivity index is 2.11. The van der Waals surface area contributed by atoms with E-state index in [0.717, 1.165) is 37.3 Å². The molecule has 0 saturated carbocycles. The van der Waals surface area contributed by atoms with Gasteiger partial charge in [0.25, 0.3) is 0 Å². The number of aryl methyl sites for hydroxylation is 2. The van der Waals surface area contributed by atoms with Crippen LogP contribution in [0.2, 0.25) is 0 Å². The Morgan fingerprint density at radius 3 is 3.00 bits per heavy atom. The van der Waals surface area contributed by atoms with Crippen LogP contribution in [0, 0.1) is 0 Å². The molecule has 0 unspecified atom stereocenters. The average molecular weight is 290 g/mol. The maximum atomic E-state index is 9.08. The molecule has 1 aliphatic heterocycles. The Hall–Kier alpha value is -1.82. The highest BCUT2D eigenvalue weighted by Crippen LogP contribution is 2.32. The summed E-state index contributed by atoms with van der Waals surface area (Å²) >= 11 is 0. The molecule has 6 nitrogen and oxygen atoms in total. The molecule has 3 rings (SSSR count). The van der Waals surface area contributed by atoms with E-state index in [1.54, 1.807) is 0 Å². The lowest BCUT2D eigenvalue weighted by atomic mass is 10.0. The van der Waals surface area contributed by atoms with Crippen molar-refractivity contribution < 1.29 is 9.94 Å². The van der Waals surface area contributed by atoms with Gasteiger partial charge in [-0.3, -0.25) is 0 Å². The molecule has 21 heavy (non-hydrogen) atoms. The van der Waals surface area contributed by atoms with Crippen molar-refractivity contribution in [3.63, 3.8) is 0 Å². The van der Waals surface area contributed by atoms with Crippen molar-refractivity contribution in [2.45, 2.75) is 38.6 Å². The molecule has 0 amide bonds. The second-order valence-corrected chi connectivity index (χ2v) is 6.32. The van der Waals surface area contributed by atoms with Crippen LogP contribution in [-0.2, 0) is 17.6 Å². The lowest BCUT2D eigenvalue weighted by Crippen LogP contribution is -2.54. The summed E-state index contributed by atoms with van der Waals surface area (Å²) in [4.78, 5) is 7.05. The van der Waals surface area contributed by atoms with Crippen LogP contribution in [0.5, 0.6) is 0 Å². The van der Waals surface area contributed by atoms with Crippen LogP contribution in [-0.4, -0.2) is 41.3 Å². The smallest absolute Gasteiger partial charge is 0.173 e. The van der Waals surface area contributed by atoms with E-state index >= 15 is 0 Å². The number of fused-ring (bicyclic) bond motifs is 1. The molecule has 1 aromatic heterocycles. The first-order chi connectivity index (χ1) is 10.0. The van der Waals surface area contributed by atoms with Crippen LogP contribution >= 0.6 is 0 Å². The van der Waals surface area contributed by atoms with Crippen LogP contribution in [0.3, 0.4) is 0 Å². The van der Waals surface area contributed by atoms with E-state index in [2.05, 4.69) is 23.9 Å². The quantitative estimate of drug-likeness (QED) is 0.371. The molecule has 0 spiro atoms. The predicted octanol–water partition coefficient (Wildman–Crippen LogP) is 1.28. The minimum Gasteiger partial charge on any atom is -0.409 e. The van der Waals surface area contributed by atoms with Crippen molar-refractivity contribution >= 4 is 11.7 Å². The number of aromatic nitrogens is 1.